The summed E-state index contributed by atoms with van der Waals surface area (Å²) < 4.78 is 0. The Morgan fingerprint density at radius 1 is 1.05 bits per heavy atom. The molecule has 1 aliphatic rings. The number of anilines is 3. The molecule has 0 saturated heterocycles. The Labute approximate surface area is 113 Å². The van der Waals surface area contributed by atoms with Crippen LogP contribution in [0, 0.1) is 0 Å². The lowest BCUT2D eigenvalue weighted by Gasteiger charge is -2.17. The van der Waals surface area contributed by atoms with Gasteiger partial charge in [0.25, 0.3) is 0 Å². The van der Waals surface area contributed by atoms with Crippen molar-refractivity contribution in [3.05, 3.63) is 12.4 Å². The minimum Gasteiger partial charge on any atom is -0.368 e. The molecule has 1 aromatic rings. The molecule has 0 bridgehead atoms. The van der Waals surface area contributed by atoms with Crippen molar-refractivity contribution in [3.8, 4) is 0 Å². The highest BCUT2D eigenvalue weighted by atomic mass is 15.3. The first-order valence-corrected chi connectivity index (χ1v) is 6.16. The van der Waals surface area contributed by atoms with E-state index in [0.717, 1.165) is 6.67 Å². The van der Waals surface area contributed by atoms with E-state index >= 15 is 0 Å². The predicted molar refractivity (Wildman–Crippen MR) is 76.4 cm³/mol. The highest BCUT2D eigenvalue weighted by Gasteiger charge is 2.05. The van der Waals surface area contributed by atoms with Crippen LogP contribution in [0.2, 0.25) is 0 Å². The van der Waals surface area contributed by atoms with Gasteiger partial charge in [-0.05, 0) is 6.42 Å². The van der Waals surface area contributed by atoms with Gasteiger partial charge < -0.3 is 27.0 Å². The molecule has 0 aliphatic carbocycles. The standard InChI is InChI=1S/C8H16N2.C3H6N6/c1-3-4-5-10-7-6-9(2)8-10;4-1-7-2(5)9-3(6)8-1/h6-7H,3-5,8H2,1-2H3;(H6,4,5,6,7,8,9). The highest BCUT2D eigenvalue weighted by molar-refractivity contribution is 5.33. The molecule has 0 unspecified atom stereocenters. The van der Waals surface area contributed by atoms with Gasteiger partial charge >= 0.3 is 0 Å². The fourth-order valence-corrected chi connectivity index (χ4v) is 1.52. The molecule has 1 aliphatic heterocycles. The second-order valence-corrected chi connectivity index (χ2v) is 4.27. The number of unbranched alkanes of at least 4 members (excludes halogenated alkanes) is 1. The third-order valence-electron chi connectivity index (χ3n) is 2.42. The topological polar surface area (TPSA) is 123 Å². The van der Waals surface area contributed by atoms with Gasteiger partial charge in [0.05, 0.1) is 6.67 Å². The minimum absolute atomic E-state index is 0.0417. The zero-order chi connectivity index (χ0) is 14.3. The van der Waals surface area contributed by atoms with Gasteiger partial charge in [-0.2, -0.15) is 15.0 Å². The molecule has 0 spiro atoms. The van der Waals surface area contributed by atoms with E-state index in [4.69, 9.17) is 17.2 Å². The van der Waals surface area contributed by atoms with E-state index in [1.165, 1.54) is 19.4 Å². The third-order valence-corrected chi connectivity index (χ3v) is 2.42. The second-order valence-electron chi connectivity index (χ2n) is 4.27. The Balaban J connectivity index is 0.000000191. The van der Waals surface area contributed by atoms with Crippen molar-refractivity contribution >= 4 is 17.8 Å². The third kappa shape index (κ3) is 5.75. The van der Waals surface area contributed by atoms with Crippen LogP contribution in [-0.2, 0) is 0 Å². The normalized spacial score (nSPS) is 13.4. The summed E-state index contributed by atoms with van der Waals surface area (Å²) in [4.78, 5) is 15.0. The molecule has 6 N–H and O–H groups in total. The largest absolute Gasteiger partial charge is 0.368 e. The Kier molecular flexibility index (Phi) is 5.65. The van der Waals surface area contributed by atoms with Crippen LogP contribution in [0.3, 0.4) is 0 Å². The van der Waals surface area contributed by atoms with Crippen LogP contribution in [0.15, 0.2) is 12.4 Å². The lowest BCUT2D eigenvalue weighted by atomic mass is 10.3. The fourth-order valence-electron chi connectivity index (χ4n) is 1.52. The van der Waals surface area contributed by atoms with Crippen LogP contribution in [0.5, 0.6) is 0 Å². The molecule has 0 aromatic carbocycles. The van der Waals surface area contributed by atoms with Crippen molar-refractivity contribution in [1.29, 1.82) is 0 Å². The van der Waals surface area contributed by atoms with Crippen LogP contribution in [0.25, 0.3) is 0 Å². The maximum atomic E-state index is 5.14. The minimum atomic E-state index is 0.0417. The molecular formula is C11H22N8. The molecule has 0 fully saturated rings. The monoisotopic (exact) mass is 266 g/mol. The first-order valence-electron chi connectivity index (χ1n) is 6.16. The Hall–Kier alpha value is -2.25. The quantitative estimate of drug-likeness (QED) is 0.702. The van der Waals surface area contributed by atoms with E-state index in [1.54, 1.807) is 0 Å². The van der Waals surface area contributed by atoms with Crippen LogP contribution in [0.1, 0.15) is 19.8 Å². The number of nitrogens with zero attached hydrogens (tertiary/aromatic N) is 5. The number of aromatic nitrogens is 3. The molecule has 106 valence electrons. The molecule has 2 heterocycles. The van der Waals surface area contributed by atoms with E-state index in [0.29, 0.717) is 0 Å². The molecule has 19 heavy (non-hydrogen) atoms. The van der Waals surface area contributed by atoms with Crippen molar-refractivity contribution in [2.45, 2.75) is 19.8 Å². The number of rotatable bonds is 3. The summed E-state index contributed by atoms with van der Waals surface area (Å²) in [6.45, 7) is 4.50. The van der Waals surface area contributed by atoms with Gasteiger partial charge in [0.2, 0.25) is 17.8 Å². The van der Waals surface area contributed by atoms with E-state index in [9.17, 15) is 0 Å². The van der Waals surface area contributed by atoms with Gasteiger partial charge in [0, 0.05) is 26.0 Å². The SMILES string of the molecule is CCCCN1C=CN(C)C1.Nc1nc(N)nc(N)n1. The van der Waals surface area contributed by atoms with E-state index in [2.05, 4.69) is 51.1 Å². The van der Waals surface area contributed by atoms with Crippen molar-refractivity contribution in [3.63, 3.8) is 0 Å². The van der Waals surface area contributed by atoms with Gasteiger partial charge in [-0.15, -0.1) is 0 Å². The molecule has 0 amide bonds. The van der Waals surface area contributed by atoms with Crippen molar-refractivity contribution in [2.75, 3.05) is 37.5 Å². The molecule has 0 atom stereocenters. The predicted octanol–water partition coefficient (Wildman–Crippen LogP) is 0.0808. The summed E-state index contributed by atoms with van der Waals surface area (Å²) in [6.07, 6.45) is 6.87. The average molecular weight is 266 g/mol. The van der Waals surface area contributed by atoms with Crippen molar-refractivity contribution in [2.24, 2.45) is 0 Å². The van der Waals surface area contributed by atoms with Crippen LogP contribution < -0.4 is 17.2 Å². The Morgan fingerprint density at radius 2 is 1.58 bits per heavy atom. The molecule has 8 nitrogen and oxygen atoms in total. The molecule has 0 saturated carbocycles. The summed E-state index contributed by atoms with van der Waals surface area (Å²) in [5.41, 5.74) is 15.4. The van der Waals surface area contributed by atoms with Crippen LogP contribution in [-0.4, -0.2) is 45.0 Å². The lowest BCUT2D eigenvalue weighted by molar-refractivity contribution is 0.293. The van der Waals surface area contributed by atoms with Gasteiger partial charge in [-0.1, -0.05) is 13.3 Å². The second kappa shape index (κ2) is 7.24. The van der Waals surface area contributed by atoms with Gasteiger partial charge in [0.15, 0.2) is 0 Å². The van der Waals surface area contributed by atoms with Crippen LogP contribution in [0.4, 0.5) is 17.8 Å². The van der Waals surface area contributed by atoms with Gasteiger partial charge in [-0.25, -0.2) is 0 Å². The molecule has 0 radical (unpaired) electrons. The fraction of sp³-hybridized carbons (Fsp3) is 0.545. The van der Waals surface area contributed by atoms with E-state index in [-0.39, 0.29) is 17.8 Å². The summed E-state index contributed by atoms with van der Waals surface area (Å²) in [5.74, 6) is 0.125. The molecule has 2 rings (SSSR count). The molecular weight excluding hydrogens is 244 g/mol. The Bertz CT molecular complexity index is 369. The number of hydrogen-bond donors (Lipinski definition) is 3. The Morgan fingerprint density at radius 3 is 1.95 bits per heavy atom. The summed E-state index contributed by atoms with van der Waals surface area (Å²) >= 11 is 0. The average Bonchev–Trinajstić information content (AvgIpc) is 2.71. The van der Waals surface area contributed by atoms with Crippen LogP contribution >= 0.6 is 0 Å². The highest BCUT2D eigenvalue weighted by Crippen LogP contribution is 2.04. The summed E-state index contributed by atoms with van der Waals surface area (Å²) in [6, 6.07) is 0. The molecule has 1 aromatic heterocycles. The summed E-state index contributed by atoms with van der Waals surface area (Å²) in [7, 11) is 2.10. The van der Waals surface area contributed by atoms with E-state index in [1.807, 2.05) is 0 Å². The smallest absolute Gasteiger partial charge is 0.226 e. The first-order chi connectivity index (χ1) is 9.01. The zero-order valence-corrected chi connectivity index (χ0v) is 11.5. The lowest BCUT2D eigenvalue weighted by Crippen LogP contribution is -2.23. The van der Waals surface area contributed by atoms with Crippen molar-refractivity contribution in [1.82, 2.24) is 24.8 Å². The maximum absolute atomic E-state index is 5.14. The first kappa shape index (κ1) is 14.8. The summed E-state index contributed by atoms with van der Waals surface area (Å²) in [5, 5.41) is 0. The molecule has 8 heteroatoms. The maximum Gasteiger partial charge on any atom is 0.226 e. The van der Waals surface area contributed by atoms with Crippen molar-refractivity contribution < 1.29 is 0 Å². The van der Waals surface area contributed by atoms with E-state index < -0.39 is 0 Å². The number of hydrogen-bond acceptors (Lipinski definition) is 8. The number of nitrogens with two attached hydrogens (primary N) is 3. The number of nitrogen functional groups attached to an aromatic ring is 3. The zero-order valence-electron chi connectivity index (χ0n) is 11.5. The van der Waals surface area contributed by atoms with Gasteiger partial charge in [0.1, 0.15) is 0 Å². The van der Waals surface area contributed by atoms with Gasteiger partial charge in [-0.3, -0.25) is 0 Å².